The molecule has 0 spiro atoms. The lowest BCUT2D eigenvalue weighted by atomic mass is 9.99. The fourth-order valence-corrected chi connectivity index (χ4v) is 4.20. The Labute approximate surface area is 191 Å². The van der Waals surface area contributed by atoms with Gasteiger partial charge in [-0.05, 0) is 79.8 Å². The Balaban J connectivity index is 1.53. The van der Waals surface area contributed by atoms with E-state index in [0.29, 0.717) is 12.2 Å². The first-order valence-electron chi connectivity index (χ1n) is 11.0. The molecule has 0 saturated carbocycles. The molecule has 1 fully saturated rings. The molecule has 1 N–H and O–H groups in total. The minimum atomic E-state index is -0.512. The Bertz CT molecular complexity index is 1250. The number of benzene rings is 2. The number of hydrogen-bond acceptors (Lipinski definition) is 3. The highest BCUT2D eigenvalue weighted by Crippen LogP contribution is 2.33. The Morgan fingerprint density at radius 2 is 1.82 bits per heavy atom. The summed E-state index contributed by atoms with van der Waals surface area (Å²) in [5.74, 6) is -1.17. The van der Waals surface area contributed by atoms with E-state index in [1.165, 1.54) is 52.2 Å². The second-order valence-corrected chi connectivity index (χ2v) is 8.41. The molecule has 1 atom stereocenters. The van der Waals surface area contributed by atoms with Crippen molar-refractivity contribution in [3.8, 4) is 0 Å². The maximum atomic E-state index is 13.3. The molecular weight excluding hydrogens is 421 g/mol. The average molecular weight is 448 g/mol. The van der Waals surface area contributed by atoms with Gasteiger partial charge < -0.3 is 14.8 Å². The molecule has 1 saturated heterocycles. The smallest absolute Gasteiger partial charge is 0.263 e. The first-order valence-corrected chi connectivity index (χ1v) is 11.0. The van der Waals surface area contributed by atoms with Gasteiger partial charge in [-0.2, -0.15) is 0 Å². The van der Waals surface area contributed by atoms with Gasteiger partial charge in [0, 0.05) is 18.4 Å². The van der Waals surface area contributed by atoms with Gasteiger partial charge in [-0.15, -0.1) is 0 Å². The Hall–Kier alpha value is -3.74. The molecule has 2 heterocycles. The van der Waals surface area contributed by atoms with Gasteiger partial charge in [-0.1, -0.05) is 18.2 Å². The second-order valence-electron chi connectivity index (χ2n) is 8.41. The van der Waals surface area contributed by atoms with Gasteiger partial charge in [0.15, 0.2) is 0 Å². The minimum absolute atomic E-state index is 0.0443. The minimum Gasteiger partial charge on any atom is -0.331 e. The van der Waals surface area contributed by atoms with Crippen LogP contribution in [0.25, 0.3) is 0 Å². The highest BCUT2D eigenvalue weighted by atomic mass is 19.1. The summed E-state index contributed by atoms with van der Waals surface area (Å²) in [6.07, 6.45) is 3.19. The third-order valence-corrected chi connectivity index (χ3v) is 6.12. The molecule has 1 aliphatic rings. The van der Waals surface area contributed by atoms with Gasteiger partial charge in [0.25, 0.3) is 11.5 Å². The van der Waals surface area contributed by atoms with E-state index in [4.69, 9.17) is 0 Å². The van der Waals surface area contributed by atoms with E-state index in [0.717, 1.165) is 18.4 Å². The zero-order valence-corrected chi connectivity index (χ0v) is 18.7. The van der Waals surface area contributed by atoms with Gasteiger partial charge >= 0.3 is 0 Å². The van der Waals surface area contributed by atoms with E-state index in [2.05, 4.69) is 24.4 Å². The number of nitrogens with one attached hydrogen (secondary N) is 1. The maximum Gasteiger partial charge on any atom is 0.263 e. The van der Waals surface area contributed by atoms with Crippen molar-refractivity contribution < 1.29 is 14.0 Å². The van der Waals surface area contributed by atoms with Crippen molar-refractivity contribution in [3.63, 3.8) is 0 Å². The topological polar surface area (TPSA) is 71.4 Å². The van der Waals surface area contributed by atoms with Crippen LogP contribution in [0.2, 0.25) is 0 Å². The van der Waals surface area contributed by atoms with E-state index < -0.39 is 17.3 Å². The van der Waals surface area contributed by atoms with Crippen molar-refractivity contribution in [3.05, 3.63) is 99.2 Å². The maximum absolute atomic E-state index is 13.3. The first kappa shape index (κ1) is 22.5. The summed E-state index contributed by atoms with van der Waals surface area (Å²) in [6.45, 7) is 4.43. The van der Waals surface area contributed by atoms with Crippen LogP contribution in [0.4, 0.5) is 10.1 Å². The van der Waals surface area contributed by atoms with Crippen LogP contribution in [0.5, 0.6) is 0 Å². The van der Waals surface area contributed by atoms with Crippen LogP contribution in [-0.2, 0) is 11.3 Å². The molecule has 7 heteroatoms. The van der Waals surface area contributed by atoms with Crippen LogP contribution < -0.4 is 10.9 Å². The molecule has 0 bridgehead atoms. The summed E-state index contributed by atoms with van der Waals surface area (Å²) in [4.78, 5) is 40.5. The number of aromatic nitrogens is 1. The Morgan fingerprint density at radius 3 is 2.55 bits per heavy atom. The molecule has 1 aliphatic heterocycles. The Morgan fingerprint density at radius 1 is 1.06 bits per heavy atom. The third kappa shape index (κ3) is 4.87. The predicted octanol–water partition coefficient (Wildman–Crippen LogP) is 4.22. The quantitative estimate of drug-likeness (QED) is 0.637. The monoisotopic (exact) mass is 447 g/mol. The number of pyridine rings is 1. The number of rotatable bonds is 5. The zero-order chi connectivity index (χ0) is 23.5. The second kappa shape index (κ2) is 9.40. The molecule has 3 aromatic rings. The first-order chi connectivity index (χ1) is 15.8. The summed E-state index contributed by atoms with van der Waals surface area (Å²) < 4.78 is 14.3. The standard InChI is InChI=1S/C26H26FN3O3/c1-17-7-8-19(15-18(17)2)23-6-4-14-30(23)26(33)22-5-3-13-29(25(22)32)16-24(31)28-21-11-9-20(27)10-12-21/h3,5,7-13,15,23H,4,6,14,16H2,1-2H3,(H,28,31). The fraction of sp³-hybridized carbons (Fsp3) is 0.269. The van der Waals surface area contributed by atoms with Gasteiger partial charge in [-0.3, -0.25) is 14.4 Å². The average Bonchev–Trinajstić information content (AvgIpc) is 3.28. The molecule has 1 unspecified atom stereocenters. The summed E-state index contributed by atoms with van der Waals surface area (Å²) in [7, 11) is 0. The largest absolute Gasteiger partial charge is 0.331 e. The van der Waals surface area contributed by atoms with Crippen molar-refractivity contribution in [1.82, 2.24) is 9.47 Å². The van der Waals surface area contributed by atoms with Crippen LogP contribution >= 0.6 is 0 Å². The predicted molar refractivity (Wildman–Crippen MR) is 125 cm³/mol. The Kier molecular flexibility index (Phi) is 6.40. The zero-order valence-electron chi connectivity index (χ0n) is 18.7. The van der Waals surface area contributed by atoms with Crippen molar-refractivity contribution in [2.45, 2.75) is 39.3 Å². The highest BCUT2D eigenvalue weighted by molar-refractivity contribution is 5.94. The number of anilines is 1. The number of carbonyl (C=O) groups is 2. The number of amides is 2. The molecule has 1 aromatic heterocycles. The molecule has 4 rings (SSSR count). The molecular formula is C26H26FN3O3. The lowest BCUT2D eigenvalue weighted by Gasteiger charge is -2.25. The van der Waals surface area contributed by atoms with Crippen LogP contribution in [0.1, 0.15) is 45.9 Å². The van der Waals surface area contributed by atoms with Crippen molar-refractivity contribution in [2.24, 2.45) is 0 Å². The molecule has 6 nitrogen and oxygen atoms in total. The van der Waals surface area contributed by atoms with Crippen LogP contribution in [0.15, 0.2) is 65.6 Å². The van der Waals surface area contributed by atoms with Gasteiger partial charge in [0.05, 0.1) is 6.04 Å². The number of carbonyl (C=O) groups excluding carboxylic acids is 2. The van der Waals surface area contributed by atoms with Crippen LogP contribution in [0, 0.1) is 19.7 Å². The highest BCUT2D eigenvalue weighted by Gasteiger charge is 2.32. The van der Waals surface area contributed by atoms with Crippen LogP contribution in [-0.4, -0.2) is 27.8 Å². The normalized spacial score (nSPS) is 15.5. The summed E-state index contributed by atoms with van der Waals surface area (Å²) in [5.41, 5.74) is 3.39. The molecule has 2 aromatic carbocycles. The molecule has 170 valence electrons. The van der Waals surface area contributed by atoms with Crippen LogP contribution in [0.3, 0.4) is 0 Å². The molecule has 0 radical (unpaired) electrons. The van der Waals surface area contributed by atoms with E-state index in [-0.39, 0.29) is 24.1 Å². The van der Waals surface area contributed by atoms with Crippen molar-refractivity contribution in [1.29, 1.82) is 0 Å². The lowest BCUT2D eigenvalue weighted by molar-refractivity contribution is -0.116. The summed E-state index contributed by atoms with van der Waals surface area (Å²) >= 11 is 0. The third-order valence-electron chi connectivity index (χ3n) is 6.12. The van der Waals surface area contributed by atoms with Gasteiger partial charge in [0.2, 0.25) is 5.91 Å². The number of halogens is 1. The van der Waals surface area contributed by atoms with Crippen molar-refractivity contribution >= 4 is 17.5 Å². The summed E-state index contributed by atoms with van der Waals surface area (Å²) in [5, 5.41) is 2.63. The van der Waals surface area contributed by atoms with Gasteiger partial charge in [0.1, 0.15) is 17.9 Å². The van der Waals surface area contributed by atoms with E-state index in [1.54, 1.807) is 11.0 Å². The number of hydrogen-bond donors (Lipinski definition) is 1. The SMILES string of the molecule is Cc1ccc(C2CCCN2C(=O)c2cccn(CC(=O)Nc3ccc(F)cc3)c2=O)cc1C. The van der Waals surface area contributed by atoms with Crippen molar-refractivity contribution in [2.75, 3.05) is 11.9 Å². The van der Waals surface area contributed by atoms with E-state index in [1.807, 2.05) is 13.0 Å². The van der Waals surface area contributed by atoms with E-state index >= 15 is 0 Å². The molecule has 0 aliphatic carbocycles. The molecule has 2 amide bonds. The fourth-order valence-electron chi connectivity index (χ4n) is 4.20. The number of aryl methyl sites for hydroxylation is 2. The van der Waals surface area contributed by atoms with Gasteiger partial charge in [-0.25, -0.2) is 4.39 Å². The number of likely N-dealkylation sites (tertiary alicyclic amines) is 1. The van der Waals surface area contributed by atoms with E-state index in [9.17, 15) is 18.8 Å². The molecule has 33 heavy (non-hydrogen) atoms. The number of nitrogens with zero attached hydrogens (tertiary/aromatic N) is 2. The lowest BCUT2D eigenvalue weighted by Crippen LogP contribution is -2.37. The summed E-state index contributed by atoms with van der Waals surface area (Å²) in [6, 6.07) is 14.6.